The molecule has 0 amide bonds. The fourth-order valence-electron chi connectivity index (χ4n) is 0.782. The zero-order chi connectivity index (χ0) is 7.40. The zero-order valence-electron chi connectivity index (χ0n) is 7.58. The lowest BCUT2D eigenvalue weighted by Crippen LogP contribution is -2.49. The molecule has 0 aliphatic carbocycles. The Labute approximate surface area is 86.7 Å². The molecule has 1 rings (SSSR count). The molecule has 12 heavy (non-hydrogen) atoms. The highest BCUT2D eigenvalue weighted by Gasteiger charge is 2.16. The highest BCUT2D eigenvalue weighted by Crippen LogP contribution is 1.96. The first-order valence-corrected chi connectivity index (χ1v) is 3.76. The van der Waals surface area contributed by atoms with Crippen molar-refractivity contribution in [1.29, 1.82) is 0 Å². The Bertz CT molecular complexity index is 99.4. The molecular weight excluding hydrogens is 199 g/mol. The molecule has 0 bridgehead atoms. The molecule has 1 fully saturated rings. The van der Waals surface area contributed by atoms with Crippen molar-refractivity contribution in [2.45, 2.75) is 6.10 Å². The standard InChI is InChI=1S/C7H16N2O.2ClH/c1-9(2)3-4-10-7-5-8-6-7;;/h7-8H,3-6H2,1-2H3;2*1H. The van der Waals surface area contributed by atoms with Crippen molar-refractivity contribution in [2.24, 2.45) is 0 Å². The summed E-state index contributed by atoms with van der Waals surface area (Å²) in [4.78, 5) is 2.13. The maximum absolute atomic E-state index is 5.48. The molecular formula is C7H18Cl2N2O. The third-order valence-electron chi connectivity index (χ3n) is 1.64. The Morgan fingerprint density at radius 1 is 1.33 bits per heavy atom. The van der Waals surface area contributed by atoms with Crippen LogP contribution in [-0.4, -0.2) is 51.3 Å². The Balaban J connectivity index is 0. The summed E-state index contributed by atoms with van der Waals surface area (Å²) in [5.41, 5.74) is 0. The molecule has 0 aromatic rings. The molecule has 1 N–H and O–H groups in total. The van der Waals surface area contributed by atoms with E-state index in [1.54, 1.807) is 0 Å². The SMILES string of the molecule is CN(C)CCOC1CNC1.Cl.Cl. The third-order valence-corrected chi connectivity index (χ3v) is 1.64. The van der Waals surface area contributed by atoms with Crippen LogP contribution in [0.5, 0.6) is 0 Å². The van der Waals surface area contributed by atoms with Crippen molar-refractivity contribution in [3.8, 4) is 0 Å². The monoisotopic (exact) mass is 216 g/mol. The Morgan fingerprint density at radius 3 is 2.25 bits per heavy atom. The summed E-state index contributed by atoms with van der Waals surface area (Å²) in [5.74, 6) is 0. The van der Waals surface area contributed by atoms with Gasteiger partial charge in [-0.05, 0) is 14.1 Å². The second kappa shape index (κ2) is 8.08. The van der Waals surface area contributed by atoms with Gasteiger partial charge < -0.3 is 15.0 Å². The fraction of sp³-hybridized carbons (Fsp3) is 1.00. The van der Waals surface area contributed by atoms with Crippen LogP contribution in [0.15, 0.2) is 0 Å². The largest absolute Gasteiger partial charge is 0.374 e. The van der Waals surface area contributed by atoms with E-state index in [4.69, 9.17) is 4.74 Å². The second-order valence-electron chi connectivity index (χ2n) is 2.95. The number of hydrogen-bond acceptors (Lipinski definition) is 3. The van der Waals surface area contributed by atoms with Gasteiger partial charge in [-0.15, -0.1) is 24.8 Å². The number of rotatable bonds is 4. The summed E-state index contributed by atoms with van der Waals surface area (Å²) in [7, 11) is 4.12. The van der Waals surface area contributed by atoms with Crippen LogP contribution in [-0.2, 0) is 4.74 Å². The van der Waals surface area contributed by atoms with E-state index < -0.39 is 0 Å². The van der Waals surface area contributed by atoms with Crippen LogP contribution in [0.3, 0.4) is 0 Å². The van der Waals surface area contributed by atoms with E-state index in [1.807, 2.05) is 0 Å². The van der Waals surface area contributed by atoms with Crippen molar-refractivity contribution in [3.63, 3.8) is 0 Å². The zero-order valence-corrected chi connectivity index (χ0v) is 9.21. The van der Waals surface area contributed by atoms with Gasteiger partial charge in [0.2, 0.25) is 0 Å². The molecule has 0 atom stereocenters. The van der Waals surface area contributed by atoms with E-state index in [2.05, 4.69) is 24.3 Å². The van der Waals surface area contributed by atoms with E-state index in [9.17, 15) is 0 Å². The minimum absolute atomic E-state index is 0. The summed E-state index contributed by atoms with van der Waals surface area (Å²) in [5, 5.41) is 3.16. The fourth-order valence-corrected chi connectivity index (χ4v) is 0.782. The van der Waals surface area contributed by atoms with Gasteiger partial charge >= 0.3 is 0 Å². The predicted octanol–water partition coefficient (Wildman–Crippen LogP) is 0.380. The van der Waals surface area contributed by atoms with Crippen LogP contribution in [0.4, 0.5) is 0 Å². The van der Waals surface area contributed by atoms with Gasteiger partial charge in [0.05, 0.1) is 12.7 Å². The first-order chi connectivity index (χ1) is 4.79. The quantitative estimate of drug-likeness (QED) is 0.736. The molecule has 0 aromatic heterocycles. The lowest BCUT2D eigenvalue weighted by atomic mass is 10.2. The number of nitrogens with one attached hydrogen (secondary N) is 1. The van der Waals surface area contributed by atoms with Crippen molar-refractivity contribution < 1.29 is 4.74 Å². The molecule has 0 unspecified atom stereocenters. The maximum Gasteiger partial charge on any atom is 0.0824 e. The van der Waals surface area contributed by atoms with E-state index >= 15 is 0 Å². The third kappa shape index (κ3) is 6.03. The number of ether oxygens (including phenoxy) is 1. The van der Waals surface area contributed by atoms with Crippen molar-refractivity contribution in [2.75, 3.05) is 40.3 Å². The molecule has 0 spiro atoms. The van der Waals surface area contributed by atoms with Crippen LogP contribution in [0.25, 0.3) is 0 Å². The van der Waals surface area contributed by atoms with Gasteiger partial charge in [-0.25, -0.2) is 0 Å². The first kappa shape index (κ1) is 15.0. The number of nitrogens with zero attached hydrogens (tertiary/aromatic N) is 1. The average Bonchev–Trinajstić information content (AvgIpc) is 1.75. The molecule has 1 heterocycles. The van der Waals surface area contributed by atoms with E-state index in [-0.39, 0.29) is 24.8 Å². The summed E-state index contributed by atoms with van der Waals surface area (Å²) < 4.78 is 5.48. The van der Waals surface area contributed by atoms with Gasteiger partial charge in [-0.3, -0.25) is 0 Å². The first-order valence-electron chi connectivity index (χ1n) is 3.76. The highest BCUT2D eigenvalue weighted by atomic mass is 35.5. The van der Waals surface area contributed by atoms with Crippen LogP contribution in [0.1, 0.15) is 0 Å². The molecule has 1 aliphatic rings. The minimum atomic E-state index is 0. The number of halogens is 2. The normalized spacial score (nSPS) is 16.2. The second-order valence-corrected chi connectivity index (χ2v) is 2.95. The van der Waals surface area contributed by atoms with Crippen LogP contribution in [0, 0.1) is 0 Å². The summed E-state index contributed by atoms with van der Waals surface area (Å²) in [6.07, 6.45) is 0.486. The van der Waals surface area contributed by atoms with Crippen molar-refractivity contribution in [3.05, 3.63) is 0 Å². The van der Waals surface area contributed by atoms with Gasteiger partial charge in [0.15, 0.2) is 0 Å². The lowest BCUT2D eigenvalue weighted by molar-refractivity contribution is 0.0125. The molecule has 0 saturated carbocycles. The van der Waals surface area contributed by atoms with Crippen LogP contribution in [0.2, 0.25) is 0 Å². The number of likely N-dealkylation sites (N-methyl/N-ethyl adjacent to an activating group) is 1. The molecule has 1 aliphatic heterocycles. The van der Waals surface area contributed by atoms with E-state index in [0.29, 0.717) is 6.10 Å². The molecule has 0 aromatic carbocycles. The predicted molar refractivity (Wildman–Crippen MR) is 55.7 cm³/mol. The topological polar surface area (TPSA) is 24.5 Å². The smallest absolute Gasteiger partial charge is 0.0824 e. The van der Waals surface area contributed by atoms with Crippen molar-refractivity contribution >= 4 is 24.8 Å². The average molecular weight is 217 g/mol. The maximum atomic E-state index is 5.48. The van der Waals surface area contributed by atoms with E-state index in [0.717, 1.165) is 26.2 Å². The Hall–Kier alpha value is 0.460. The molecule has 3 nitrogen and oxygen atoms in total. The number of hydrogen-bond donors (Lipinski definition) is 1. The van der Waals surface area contributed by atoms with Crippen molar-refractivity contribution in [1.82, 2.24) is 10.2 Å². The molecule has 0 radical (unpaired) electrons. The lowest BCUT2D eigenvalue weighted by Gasteiger charge is -2.27. The summed E-state index contributed by atoms with van der Waals surface area (Å²) in [6.45, 7) is 3.96. The van der Waals surface area contributed by atoms with Crippen LogP contribution < -0.4 is 5.32 Å². The minimum Gasteiger partial charge on any atom is -0.374 e. The molecule has 1 saturated heterocycles. The van der Waals surface area contributed by atoms with Gasteiger partial charge in [0.25, 0.3) is 0 Å². The summed E-state index contributed by atoms with van der Waals surface area (Å²) >= 11 is 0. The Morgan fingerprint density at radius 2 is 1.92 bits per heavy atom. The Kier molecular flexibility index (Phi) is 10.1. The van der Waals surface area contributed by atoms with Gasteiger partial charge in [-0.2, -0.15) is 0 Å². The van der Waals surface area contributed by atoms with Gasteiger partial charge in [0.1, 0.15) is 0 Å². The van der Waals surface area contributed by atoms with E-state index in [1.165, 1.54) is 0 Å². The summed E-state index contributed by atoms with van der Waals surface area (Å²) in [6, 6.07) is 0. The molecule has 5 heteroatoms. The van der Waals surface area contributed by atoms with Gasteiger partial charge in [0, 0.05) is 19.6 Å². The molecule has 76 valence electrons. The van der Waals surface area contributed by atoms with Gasteiger partial charge in [-0.1, -0.05) is 0 Å². The van der Waals surface area contributed by atoms with Crippen LogP contribution >= 0.6 is 24.8 Å². The highest BCUT2D eigenvalue weighted by molar-refractivity contribution is 5.85.